The molecule has 0 heterocycles. The zero-order valence-electron chi connectivity index (χ0n) is 12.9. The Morgan fingerprint density at radius 1 is 0.917 bits per heavy atom. The summed E-state index contributed by atoms with van der Waals surface area (Å²) in [5.41, 5.74) is 6.17. The summed E-state index contributed by atoms with van der Waals surface area (Å²) in [5, 5.41) is 5.10. The first-order chi connectivity index (χ1) is 11.6. The Bertz CT molecular complexity index is 909. The van der Waals surface area contributed by atoms with Crippen LogP contribution in [0.15, 0.2) is 71.6 Å². The number of nitrogens with two attached hydrogens (primary N) is 1. The number of primary amides is 1. The Balaban J connectivity index is 1.62. The van der Waals surface area contributed by atoms with E-state index in [1.165, 1.54) is 17.1 Å². The van der Waals surface area contributed by atoms with Crippen LogP contribution in [0, 0.1) is 0 Å². The maximum Gasteiger partial charge on any atom is 0.248 e. The van der Waals surface area contributed by atoms with Crippen LogP contribution in [0.25, 0.3) is 10.8 Å². The first-order valence-corrected chi connectivity index (χ1v) is 8.42. The maximum absolute atomic E-state index is 12.1. The van der Waals surface area contributed by atoms with Gasteiger partial charge in [-0.3, -0.25) is 9.59 Å². The molecule has 0 fully saturated rings. The lowest BCUT2D eigenvalue weighted by Gasteiger charge is -2.07. The van der Waals surface area contributed by atoms with Gasteiger partial charge < -0.3 is 11.1 Å². The number of hydrogen-bond donors (Lipinski definition) is 2. The van der Waals surface area contributed by atoms with Gasteiger partial charge in [0.25, 0.3) is 0 Å². The van der Waals surface area contributed by atoms with Crippen molar-refractivity contribution in [1.82, 2.24) is 0 Å². The van der Waals surface area contributed by atoms with Gasteiger partial charge in [0.15, 0.2) is 0 Å². The molecular weight excluding hydrogens is 320 g/mol. The number of carbonyl (C=O) groups is 2. The second kappa shape index (κ2) is 7.19. The van der Waals surface area contributed by atoms with E-state index in [-0.39, 0.29) is 5.91 Å². The van der Waals surface area contributed by atoms with Crippen LogP contribution in [0.2, 0.25) is 0 Å². The second-order valence-corrected chi connectivity index (χ2v) is 6.34. The number of benzene rings is 3. The van der Waals surface area contributed by atoms with Crippen molar-refractivity contribution >= 4 is 40.0 Å². The normalized spacial score (nSPS) is 10.5. The van der Waals surface area contributed by atoms with Gasteiger partial charge in [-0.05, 0) is 41.1 Å². The molecule has 0 bridgehead atoms. The highest BCUT2D eigenvalue weighted by Crippen LogP contribution is 2.23. The third kappa shape index (κ3) is 3.94. The Hall–Kier alpha value is -2.79. The van der Waals surface area contributed by atoms with Gasteiger partial charge in [-0.25, -0.2) is 0 Å². The number of hydrogen-bond acceptors (Lipinski definition) is 3. The minimum atomic E-state index is -0.517. The lowest BCUT2D eigenvalue weighted by Crippen LogP contribution is -2.15. The molecule has 0 aliphatic rings. The summed E-state index contributed by atoms with van der Waals surface area (Å²) < 4.78 is 0. The van der Waals surface area contributed by atoms with E-state index >= 15 is 0 Å². The van der Waals surface area contributed by atoms with Gasteiger partial charge in [-0.15, -0.1) is 11.8 Å². The minimum absolute atomic E-state index is 0.130. The Labute approximate surface area is 144 Å². The van der Waals surface area contributed by atoms with Crippen molar-refractivity contribution in [3.63, 3.8) is 0 Å². The Kier molecular flexibility index (Phi) is 4.82. The molecule has 0 atom stereocenters. The van der Waals surface area contributed by atoms with E-state index in [9.17, 15) is 9.59 Å². The summed E-state index contributed by atoms with van der Waals surface area (Å²) in [4.78, 5) is 24.3. The zero-order valence-corrected chi connectivity index (χ0v) is 13.7. The molecule has 3 aromatic carbocycles. The van der Waals surface area contributed by atoms with Crippen molar-refractivity contribution in [2.75, 3.05) is 11.1 Å². The molecule has 5 heteroatoms. The van der Waals surface area contributed by atoms with Gasteiger partial charge >= 0.3 is 0 Å². The molecule has 24 heavy (non-hydrogen) atoms. The number of amides is 2. The fourth-order valence-electron chi connectivity index (χ4n) is 2.35. The summed E-state index contributed by atoms with van der Waals surface area (Å²) in [6.45, 7) is 0. The SMILES string of the molecule is NC(=O)c1cccc(NC(=O)CSc2ccc3ccccc3c2)c1. The molecule has 4 nitrogen and oxygen atoms in total. The molecule has 2 amide bonds. The standard InChI is InChI=1S/C19H16N2O2S/c20-19(23)15-6-3-7-16(10-15)21-18(22)12-24-17-9-8-13-4-1-2-5-14(13)11-17/h1-11H,12H2,(H2,20,23)(H,21,22). The molecule has 0 saturated heterocycles. The van der Waals surface area contributed by atoms with Crippen molar-refractivity contribution in [1.29, 1.82) is 0 Å². The van der Waals surface area contributed by atoms with Gasteiger partial charge in [-0.1, -0.05) is 36.4 Å². The maximum atomic E-state index is 12.1. The van der Waals surface area contributed by atoms with Crippen LogP contribution < -0.4 is 11.1 Å². The third-order valence-electron chi connectivity index (χ3n) is 3.52. The Morgan fingerprint density at radius 2 is 1.71 bits per heavy atom. The number of thioether (sulfide) groups is 1. The fraction of sp³-hybridized carbons (Fsp3) is 0.0526. The molecule has 0 unspecified atom stereocenters. The highest BCUT2D eigenvalue weighted by molar-refractivity contribution is 8.00. The topological polar surface area (TPSA) is 72.2 Å². The number of anilines is 1. The zero-order chi connectivity index (χ0) is 16.9. The summed E-state index contributed by atoms with van der Waals surface area (Å²) in [5.74, 6) is -0.356. The Morgan fingerprint density at radius 3 is 2.50 bits per heavy atom. The van der Waals surface area contributed by atoms with Crippen LogP contribution in [-0.2, 0) is 4.79 Å². The van der Waals surface area contributed by atoms with Crippen molar-refractivity contribution in [3.8, 4) is 0 Å². The first kappa shape index (κ1) is 16.1. The van der Waals surface area contributed by atoms with Crippen LogP contribution >= 0.6 is 11.8 Å². The van der Waals surface area contributed by atoms with Gasteiger partial charge in [0, 0.05) is 16.1 Å². The van der Waals surface area contributed by atoms with Gasteiger partial charge in [0.1, 0.15) is 0 Å². The molecule has 3 N–H and O–H groups in total. The predicted octanol–water partition coefficient (Wildman–Crippen LogP) is 3.67. The van der Waals surface area contributed by atoms with E-state index in [4.69, 9.17) is 5.73 Å². The van der Waals surface area contributed by atoms with Gasteiger partial charge in [-0.2, -0.15) is 0 Å². The van der Waals surface area contributed by atoms with Crippen molar-refractivity contribution in [2.45, 2.75) is 4.90 Å². The summed E-state index contributed by atoms with van der Waals surface area (Å²) in [6, 6.07) is 20.8. The highest BCUT2D eigenvalue weighted by atomic mass is 32.2. The van der Waals surface area contributed by atoms with Gasteiger partial charge in [0.05, 0.1) is 5.75 Å². The van der Waals surface area contributed by atoms with Crippen LogP contribution in [0.4, 0.5) is 5.69 Å². The number of nitrogens with one attached hydrogen (secondary N) is 1. The summed E-state index contributed by atoms with van der Waals surface area (Å²) >= 11 is 1.47. The monoisotopic (exact) mass is 336 g/mol. The summed E-state index contributed by atoms with van der Waals surface area (Å²) in [7, 11) is 0. The molecule has 3 aromatic rings. The van der Waals surface area contributed by atoms with E-state index in [0.717, 1.165) is 10.3 Å². The largest absolute Gasteiger partial charge is 0.366 e. The molecule has 0 radical (unpaired) electrons. The number of fused-ring (bicyclic) bond motifs is 1. The van der Waals surface area contributed by atoms with Crippen molar-refractivity contribution in [2.24, 2.45) is 5.73 Å². The van der Waals surface area contributed by atoms with Gasteiger partial charge in [0.2, 0.25) is 11.8 Å². The molecule has 3 rings (SSSR count). The number of carbonyl (C=O) groups excluding carboxylic acids is 2. The van der Waals surface area contributed by atoms with E-state index in [0.29, 0.717) is 17.0 Å². The number of rotatable bonds is 5. The molecule has 0 saturated carbocycles. The van der Waals surface area contributed by atoms with Crippen molar-refractivity contribution < 1.29 is 9.59 Å². The highest BCUT2D eigenvalue weighted by Gasteiger charge is 2.06. The third-order valence-corrected chi connectivity index (χ3v) is 4.52. The average Bonchev–Trinajstić information content (AvgIpc) is 2.60. The predicted molar refractivity (Wildman–Crippen MR) is 98.3 cm³/mol. The average molecular weight is 336 g/mol. The molecular formula is C19H16N2O2S. The molecule has 0 aromatic heterocycles. The first-order valence-electron chi connectivity index (χ1n) is 7.43. The van der Waals surface area contributed by atoms with E-state index in [2.05, 4.69) is 23.5 Å². The quantitative estimate of drug-likeness (QED) is 0.698. The van der Waals surface area contributed by atoms with E-state index in [1.807, 2.05) is 24.3 Å². The van der Waals surface area contributed by atoms with Crippen LogP contribution in [0.5, 0.6) is 0 Å². The lowest BCUT2D eigenvalue weighted by atomic mass is 10.1. The van der Waals surface area contributed by atoms with Crippen LogP contribution in [-0.4, -0.2) is 17.6 Å². The minimum Gasteiger partial charge on any atom is -0.366 e. The molecule has 0 aliphatic heterocycles. The van der Waals surface area contributed by atoms with E-state index in [1.54, 1.807) is 24.3 Å². The van der Waals surface area contributed by atoms with Crippen molar-refractivity contribution in [3.05, 3.63) is 72.3 Å². The molecule has 120 valence electrons. The molecule has 0 spiro atoms. The molecule has 0 aliphatic carbocycles. The smallest absolute Gasteiger partial charge is 0.248 e. The fourth-order valence-corrected chi connectivity index (χ4v) is 3.10. The van der Waals surface area contributed by atoms with E-state index < -0.39 is 5.91 Å². The lowest BCUT2D eigenvalue weighted by molar-refractivity contribution is -0.113. The van der Waals surface area contributed by atoms with Crippen LogP contribution in [0.1, 0.15) is 10.4 Å². The van der Waals surface area contributed by atoms with Crippen LogP contribution in [0.3, 0.4) is 0 Å². The second-order valence-electron chi connectivity index (χ2n) is 5.29. The summed E-state index contributed by atoms with van der Waals surface area (Å²) in [6.07, 6.45) is 0.